The minimum absolute atomic E-state index is 0.538. The summed E-state index contributed by atoms with van der Waals surface area (Å²) in [6.07, 6.45) is 5.73. The van der Waals surface area contributed by atoms with Gasteiger partial charge in [-0.3, -0.25) is 14.7 Å². The van der Waals surface area contributed by atoms with E-state index in [0.717, 1.165) is 93.7 Å². The van der Waals surface area contributed by atoms with E-state index in [-0.39, 0.29) is 0 Å². The Hall–Kier alpha value is -10.1. The number of fused-ring (bicyclic) bond motifs is 14. The molecule has 0 saturated carbocycles. The van der Waals surface area contributed by atoms with Crippen molar-refractivity contribution in [3.05, 3.63) is 248 Å². The minimum Gasteiger partial charge on any atom is -0.336 e. The summed E-state index contributed by atoms with van der Waals surface area (Å²) in [4.78, 5) is 11.5. The topological polar surface area (TPSA) is 69.6 Å². The third-order valence-corrected chi connectivity index (χ3v) is 14.2. The van der Waals surface area contributed by atoms with Crippen molar-refractivity contribution in [1.29, 1.82) is 0 Å². The van der Waals surface area contributed by atoms with Crippen LogP contribution in [0.5, 0.6) is 0 Å². The SMILES string of the molecule is C1=C=CC(Nc2nc(-n3c4ccccc4c4c3ccc3c5ccccc5n(-c5ccccc5)c34)c(-c3ccccc3)nc2Nn2c3ccccc3c3ccc4c5ccccc5n(-c5ccccc5)c4c32)=CC=1. The average molecular weight is 921 g/mol. The first-order chi connectivity index (χ1) is 35.8. The zero-order valence-corrected chi connectivity index (χ0v) is 38.6. The number of hydrogen-bond donors (Lipinski definition) is 2. The molecule has 0 saturated heterocycles. The monoisotopic (exact) mass is 920 g/mol. The second-order valence-electron chi connectivity index (χ2n) is 18.2. The average Bonchev–Trinajstić information content (AvgIpc) is 4.18. The maximum atomic E-state index is 5.77. The van der Waals surface area contributed by atoms with Crippen molar-refractivity contribution < 1.29 is 0 Å². The van der Waals surface area contributed by atoms with E-state index in [2.05, 4.69) is 247 Å². The molecule has 0 aliphatic heterocycles. The molecule has 5 aromatic heterocycles. The molecule has 9 aromatic carbocycles. The molecule has 2 N–H and O–H groups in total. The normalized spacial score (nSPS) is 12.5. The summed E-state index contributed by atoms with van der Waals surface area (Å²) in [5.74, 6) is 1.76. The number of nitrogens with one attached hydrogen (secondary N) is 2. The van der Waals surface area contributed by atoms with Crippen molar-refractivity contribution in [3.63, 3.8) is 0 Å². The molecule has 8 heteroatoms. The smallest absolute Gasteiger partial charge is 0.189 e. The van der Waals surface area contributed by atoms with Crippen LogP contribution in [0, 0.1) is 0 Å². The van der Waals surface area contributed by atoms with Crippen LogP contribution in [0.15, 0.2) is 248 Å². The number of benzene rings is 9. The molecule has 0 radical (unpaired) electrons. The Balaban J connectivity index is 1.05. The van der Waals surface area contributed by atoms with Gasteiger partial charge in [-0.1, -0.05) is 169 Å². The van der Waals surface area contributed by atoms with E-state index in [1.54, 1.807) is 0 Å². The number of aromatic nitrogens is 6. The standard InChI is InChI=1S/C64H40N8/c1-5-21-41(22-6-1)58-64(71-54-35-19-16-32-51(54)57-56(71)40-39-48-45-29-13-17-33-52(45)69(59(48)57)43-25-9-3-10-26-43)67-62(65-42-23-7-2-8-24-42)63(66-58)68-72-55-36-20-15-31-47(55)50-38-37-49-46-30-14-18-34-53(46)70(60(49)61(50)72)44-27-11-4-12-28-44/h1,3-7,9-40H,(H,65,67)(H,66,68). The van der Waals surface area contributed by atoms with Crippen LogP contribution in [0.3, 0.4) is 0 Å². The fourth-order valence-electron chi connectivity index (χ4n) is 11.2. The van der Waals surface area contributed by atoms with Crippen LogP contribution in [0.4, 0.5) is 11.6 Å². The summed E-state index contributed by atoms with van der Waals surface area (Å²) in [6, 6.07) is 75.4. The number of para-hydroxylation sites is 6. The largest absolute Gasteiger partial charge is 0.336 e. The van der Waals surface area contributed by atoms with E-state index in [1.165, 1.54) is 16.2 Å². The Kier molecular flexibility index (Phi) is 8.70. The van der Waals surface area contributed by atoms with E-state index in [1.807, 2.05) is 24.3 Å². The Morgan fingerprint density at radius 3 is 1.53 bits per heavy atom. The first kappa shape index (κ1) is 39.9. The van der Waals surface area contributed by atoms with Crippen molar-refractivity contribution in [3.8, 4) is 28.5 Å². The Bertz CT molecular complexity index is 4690. The lowest BCUT2D eigenvalue weighted by Crippen LogP contribution is -2.16. The summed E-state index contributed by atoms with van der Waals surface area (Å²) >= 11 is 0. The molecule has 0 spiro atoms. The molecule has 0 atom stereocenters. The van der Waals surface area contributed by atoms with Gasteiger partial charge in [-0.2, -0.15) is 0 Å². The predicted molar refractivity (Wildman–Crippen MR) is 297 cm³/mol. The molecular formula is C64H40N8. The Morgan fingerprint density at radius 1 is 0.375 bits per heavy atom. The maximum absolute atomic E-state index is 5.77. The first-order valence-electron chi connectivity index (χ1n) is 24.2. The van der Waals surface area contributed by atoms with Gasteiger partial charge in [0.15, 0.2) is 17.5 Å². The molecule has 72 heavy (non-hydrogen) atoms. The lowest BCUT2D eigenvalue weighted by atomic mass is 10.1. The van der Waals surface area contributed by atoms with Crippen molar-refractivity contribution in [1.82, 2.24) is 28.3 Å². The van der Waals surface area contributed by atoms with E-state index < -0.39 is 0 Å². The Labute approximate surface area is 412 Å². The van der Waals surface area contributed by atoms with Gasteiger partial charge in [0.1, 0.15) is 5.69 Å². The van der Waals surface area contributed by atoms with Gasteiger partial charge in [0.2, 0.25) is 0 Å². The molecule has 8 nitrogen and oxygen atoms in total. The van der Waals surface area contributed by atoms with Crippen LogP contribution in [-0.2, 0) is 0 Å². The quantitative estimate of drug-likeness (QED) is 0.149. The fourth-order valence-corrected chi connectivity index (χ4v) is 11.2. The summed E-state index contributed by atoms with van der Waals surface area (Å²) in [5.41, 5.74) is 23.4. The molecule has 0 amide bonds. The molecule has 5 heterocycles. The molecule has 1 aliphatic carbocycles. The van der Waals surface area contributed by atoms with Crippen LogP contribution in [0.1, 0.15) is 0 Å². The van der Waals surface area contributed by atoms with Gasteiger partial charge in [0.25, 0.3) is 0 Å². The molecule has 336 valence electrons. The van der Waals surface area contributed by atoms with Crippen molar-refractivity contribution in [2.75, 3.05) is 10.7 Å². The van der Waals surface area contributed by atoms with Crippen molar-refractivity contribution in [2.45, 2.75) is 0 Å². The second-order valence-corrected chi connectivity index (χ2v) is 18.2. The number of hydrogen-bond acceptors (Lipinski definition) is 4. The van der Waals surface area contributed by atoms with Crippen molar-refractivity contribution in [2.24, 2.45) is 0 Å². The van der Waals surface area contributed by atoms with Crippen LogP contribution in [0.25, 0.3) is 116 Å². The van der Waals surface area contributed by atoms with Crippen LogP contribution in [-0.4, -0.2) is 28.3 Å². The van der Waals surface area contributed by atoms with Gasteiger partial charge in [-0.05, 0) is 66.7 Å². The summed E-state index contributed by atoms with van der Waals surface area (Å²) in [5, 5.41) is 12.9. The molecule has 0 bridgehead atoms. The van der Waals surface area contributed by atoms with E-state index in [0.29, 0.717) is 23.1 Å². The summed E-state index contributed by atoms with van der Waals surface area (Å²) < 4.78 is 9.31. The highest BCUT2D eigenvalue weighted by Crippen LogP contribution is 2.45. The van der Waals surface area contributed by atoms with Gasteiger partial charge < -0.3 is 14.5 Å². The number of allylic oxidation sites excluding steroid dienone is 3. The molecule has 0 fully saturated rings. The van der Waals surface area contributed by atoms with Crippen LogP contribution in [0.2, 0.25) is 0 Å². The fraction of sp³-hybridized carbons (Fsp3) is 0. The third-order valence-electron chi connectivity index (χ3n) is 14.2. The van der Waals surface area contributed by atoms with Gasteiger partial charge in [-0.15, -0.1) is 0 Å². The Morgan fingerprint density at radius 2 is 0.889 bits per heavy atom. The summed E-state index contributed by atoms with van der Waals surface area (Å²) in [7, 11) is 0. The number of anilines is 2. The number of rotatable bonds is 8. The zero-order chi connectivity index (χ0) is 47.3. The molecule has 15 rings (SSSR count). The van der Waals surface area contributed by atoms with Gasteiger partial charge >= 0.3 is 0 Å². The zero-order valence-electron chi connectivity index (χ0n) is 38.6. The van der Waals surface area contributed by atoms with Crippen LogP contribution < -0.4 is 10.7 Å². The van der Waals surface area contributed by atoms with E-state index in [4.69, 9.17) is 9.97 Å². The minimum atomic E-state index is 0.538. The van der Waals surface area contributed by atoms with Crippen LogP contribution >= 0.6 is 0 Å². The second kappa shape index (κ2) is 15.7. The first-order valence-corrected chi connectivity index (χ1v) is 24.2. The van der Waals surface area contributed by atoms with Gasteiger partial charge in [0, 0.05) is 71.8 Å². The highest BCUT2D eigenvalue weighted by Gasteiger charge is 2.27. The van der Waals surface area contributed by atoms with Gasteiger partial charge in [0.05, 0.1) is 44.1 Å². The van der Waals surface area contributed by atoms with Crippen molar-refractivity contribution >= 4 is 98.9 Å². The predicted octanol–water partition coefficient (Wildman–Crippen LogP) is 15.6. The van der Waals surface area contributed by atoms with E-state index >= 15 is 0 Å². The highest BCUT2D eigenvalue weighted by atomic mass is 15.4. The molecule has 14 aromatic rings. The maximum Gasteiger partial charge on any atom is 0.189 e. The lowest BCUT2D eigenvalue weighted by molar-refractivity contribution is 0.994. The lowest BCUT2D eigenvalue weighted by Gasteiger charge is -2.20. The van der Waals surface area contributed by atoms with E-state index in [9.17, 15) is 0 Å². The molecular weight excluding hydrogens is 881 g/mol. The molecule has 0 unspecified atom stereocenters. The third kappa shape index (κ3) is 5.89. The molecule has 1 aliphatic rings. The van der Waals surface area contributed by atoms with Gasteiger partial charge in [-0.25, -0.2) is 9.97 Å². The number of nitrogens with zero attached hydrogens (tertiary/aromatic N) is 6. The summed E-state index contributed by atoms with van der Waals surface area (Å²) in [6.45, 7) is 0. The highest BCUT2D eigenvalue weighted by molar-refractivity contribution is 6.27.